The summed E-state index contributed by atoms with van der Waals surface area (Å²) in [6.45, 7) is 11.2. The minimum atomic E-state index is -2.57. The molecule has 0 saturated heterocycles. The van der Waals surface area contributed by atoms with Gasteiger partial charge in [-0.25, -0.2) is 0 Å². The molecule has 1 aromatic rings. The molecule has 1 amide bonds. The molecule has 1 unspecified atom stereocenters. The molecule has 10 heteroatoms. The Morgan fingerprint density at radius 2 is 1.75 bits per heavy atom. The van der Waals surface area contributed by atoms with E-state index in [4.69, 9.17) is 5.73 Å². The molecular formula is C30H41N3O7. The average Bonchev–Trinajstić information content (AvgIpc) is 2.77. The number of phenolic OH excluding ortho intramolecular Hbond substituents is 1. The van der Waals surface area contributed by atoms with Crippen molar-refractivity contribution >= 4 is 28.9 Å². The van der Waals surface area contributed by atoms with Gasteiger partial charge in [0.1, 0.15) is 22.8 Å². The topological polar surface area (TPSA) is 173 Å². The Kier molecular flexibility index (Phi) is 7.12. The summed E-state index contributed by atoms with van der Waals surface area (Å²) in [7, 11) is 3.73. The summed E-state index contributed by atoms with van der Waals surface area (Å²) in [4.78, 5) is 40.0. The van der Waals surface area contributed by atoms with Gasteiger partial charge in [-0.15, -0.1) is 0 Å². The van der Waals surface area contributed by atoms with Crippen LogP contribution in [0.5, 0.6) is 5.75 Å². The predicted molar refractivity (Wildman–Crippen MR) is 151 cm³/mol. The highest BCUT2D eigenvalue weighted by Gasteiger charge is 2.60. The number of ketones is 2. The van der Waals surface area contributed by atoms with Gasteiger partial charge in [0.15, 0.2) is 11.4 Å². The number of amides is 1. The standard InChI is InChI=1S/C30H41N3O7/c1-28(2,3)13-29(4,5)32-12-15-10-18(34)21-17(23(15)33(6)7)9-14-8-16-11-19(35)22(27(31)39)26(38)30(16,40)25(37)20(14)24(21)36/h10,14,16,32,34,36,38,40H,8-9,11-13H2,1-7H3,(H2,31,39)/t14?,16-,30-/m0/s1. The summed E-state index contributed by atoms with van der Waals surface area (Å²) >= 11 is 0. The molecule has 10 nitrogen and oxygen atoms in total. The van der Waals surface area contributed by atoms with E-state index in [1.54, 1.807) is 6.07 Å². The zero-order valence-electron chi connectivity index (χ0n) is 24.3. The number of hydrogen-bond donors (Lipinski definition) is 6. The maximum atomic E-state index is 13.7. The minimum Gasteiger partial charge on any atom is -0.508 e. The number of aliphatic hydroxyl groups excluding tert-OH is 2. The van der Waals surface area contributed by atoms with Gasteiger partial charge >= 0.3 is 0 Å². The fourth-order valence-electron chi connectivity index (χ4n) is 7.16. The maximum Gasteiger partial charge on any atom is 0.255 e. The van der Waals surface area contributed by atoms with Gasteiger partial charge in [0, 0.05) is 49.8 Å². The Morgan fingerprint density at radius 3 is 2.30 bits per heavy atom. The Bertz CT molecular complexity index is 1370. The second-order valence-corrected chi connectivity index (χ2v) is 13.5. The molecule has 218 valence electrons. The first-order valence-electron chi connectivity index (χ1n) is 13.6. The van der Waals surface area contributed by atoms with Crippen molar-refractivity contribution in [2.45, 2.75) is 78.0 Å². The van der Waals surface area contributed by atoms with Gasteiger partial charge in [0.05, 0.1) is 5.56 Å². The van der Waals surface area contributed by atoms with E-state index < -0.39 is 52.0 Å². The van der Waals surface area contributed by atoms with Crippen LogP contribution in [0.2, 0.25) is 0 Å². The lowest BCUT2D eigenvalue weighted by molar-refractivity contribution is -0.147. The fraction of sp³-hybridized carbons (Fsp3) is 0.567. The molecular weight excluding hydrogens is 514 g/mol. The number of aliphatic hydroxyl groups is 3. The number of anilines is 1. The predicted octanol–water partition coefficient (Wildman–Crippen LogP) is 2.79. The highest BCUT2D eigenvalue weighted by Crippen LogP contribution is 2.53. The van der Waals surface area contributed by atoms with Gasteiger partial charge in [-0.1, -0.05) is 20.8 Å². The van der Waals surface area contributed by atoms with Gasteiger partial charge < -0.3 is 36.4 Å². The summed E-state index contributed by atoms with van der Waals surface area (Å²) in [5, 5.41) is 48.3. The third-order valence-corrected chi connectivity index (χ3v) is 8.29. The van der Waals surface area contributed by atoms with Crippen molar-refractivity contribution in [3.05, 3.63) is 39.7 Å². The molecule has 0 spiro atoms. The van der Waals surface area contributed by atoms with Crippen molar-refractivity contribution in [1.82, 2.24) is 5.32 Å². The first-order chi connectivity index (χ1) is 18.3. The van der Waals surface area contributed by atoms with Gasteiger partial charge in [0.25, 0.3) is 5.91 Å². The zero-order valence-corrected chi connectivity index (χ0v) is 24.3. The highest BCUT2D eigenvalue weighted by molar-refractivity contribution is 6.22. The van der Waals surface area contributed by atoms with Crippen LogP contribution in [0, 0.1) is 17.3 Å². The van der Waals surface area contributed by atoms with Gasteiger partial charge in [0.2, 0.25) is 5.78 Å². The summed E-state index contributed by atoms with van der Waals surface area (Å²) in [6.07, 6.45) is 0.917. The van der Waals surface area contributed by atoms with Crippen LogP contribution in [-0.2, 0) is 27.3 Å². The number of primary amides is 1. The van der Waals surface area contributed by atoms with E-state index in [0.29, 0.717) is 12.1 Å². The lowest BCUT2D eigenvalue weighted by Crippen LogP contribution is -2.58. The van der Waals surface area contributed by atoms with Gasteiger partial charge in [-0.2, -0.15) is 0 Å². The molecule has 1 saturated carbocycles. The van der Waals surface area contributed by atoms with Crippen molar-refractivity contribution < 1.29 is 34.8 Å². The molecule has 0 radical (unpaired) electrons. The van der Waals surface area contributed by atoms with E-state index in [9.17, 15) is 34.8 Å². The monoisotopic (exact) mass is 555 g/mol. The van der Waals surface area contributed by atoms with E-state index >= 15 is 0 Å². The molecule has 3 aliphatic rings. The minimum absolute atomic E-state index is 0.0912. The summed E-state index contributed by atoms with van der Waals surface area (Å²) < 4.78 is 0. The number of carbonyl (C=O) groups excluding carboxylic acids is 3. The van der Waals surface area contributed by atoms with Crippen LogP contribution < -0.4 is 16.0 Å². The number of fused-ring (bicyclic) bond motifs is 3. The number of phenols is 1. The molecule has 0 bridgehead atoms. The van der Waals surface area contributed by atoms with Crippen molar-refractivity contribution in [2.24, 2.45) is 23.0 Å². The van der Waals surface area contributed by atoms with Crippen molar-refractivity contribution in [1.29, 1.82) is 0 Å². The molecule has 1 aromatic carbocycles. The van der Waals surface area contributed by atoms with Crippen LogP contribution in [0.3, 0.4) is 0 Å². The fourth-order valence-corrected chi connectivity index (χ4v) is 7.16. The van der Waals surface area contributed by atoms with E-state index in [1.807, 2.05) is 19.0 Å². The number of carbonyl (C=O) groups is 3. The lowest BCUT2D eigenvalue weighted by atomic mass is 9.59. The number of rotatable bonds is 6. The average molecular weight is 556 g/mol. The zero-order chi connectivity index (χ0) is 30.1. The summed E-state index contributed by atoms with van der Waals surface area (Å²) in [6, 6.07) is 1.57. The van der Waals surface area contributed by atoms with Crippen LogP contribution in [0.25, 0.3) is 5.76 Å². The third-order valence-electron chi connectivity index (χ3n) is 8.29. The first-order valence-corrected chi connectivity index (χ1v) is 13.6. The van der Waals surface area contributed by atoms with E-state index in [2.05, 4.69) is 39.9 Å². The number of hydrogen-bond acceptors (Lipinski definition) is 9. The number of nitrogens with zero attached hydrogens (tertiary/aromatic N) is 1. The lowest BCUT2D eigenvalue weighted by Gasteiger charge is -2.46. The summed E-state index contributed by atoms with van der Waals surface area (Å²) in [5.74, 6) is -6.34. The largest absolute Gasteiger partial charge is 0.508 e. The Balaban J connectivity index is 1.82. The molecule has 1 fully saturated rings. The number of Topliss-reactive ketones (excluding diaryl/α,β-unsaturated/α-hetero) is 2. The van der Waals surface area contributed by atoms with Crippen molar-refractivity contribution in [3.63, 3.8) is 0 Å². The first kappa shape index (κ1) is 29.6. The van der Waals surface area contributed by atoms with E-state index in [0.717, 1.165) is 17.7 Å². The van der Waals surface area contributed by atoms with Gasteiger partial charge in [-0.05, 0) is 61.6 Å². The number of aromatic hydroxyl groups is 1. The number of benzene rings is 1. The Hall–Kier alpha value is -3.37. The number of nitrogens with two attached hydrogens (primary N) is 1. The molecule has 0 aromatic heterocycles. The molecule has 0 heterocycles. The van der Waals surface area contributed by atoms with Crippen molar-refractivity contribution in [2.75, 3.05) is 19.0 Å². The molecule has 3 atom stereocenters. The molecule has 0 aliphatic heterocycles. The third kappa shape index (κ3) is 4.77. The normalized spacial score (nSPS) is 25.0. The SMILES string of the molecule is CN(C)c1c(CNC(C)(C)CC(C)(C)C)cc(O)c2c1CC1C[C@H]3CC(=O)C(C(N)=O)=C(O)[C@@]3(O)C(=O)C1=C2O. The van der Waals surface area contributed by atoms with E-state index in [1.165, 1.54) is 0 Å². The van der Waals surface area contributed by atoms with Crippen LogP contribution in [0.4, 0.5) is 5.69 Å². The molecule has 7 N–H and O–H groups in total. The molecule has 3 aliphatic carbocycles. The second-order valence-electron chi connectivity index (χ2n) is 13.5. The smallest absolute Gasteiger partial charge is 0.255 e. The van der Waals surface area contributed by atoms with Crippen LogP contribution in [-0.4, -0.2) is 63.1 Å². The molecule has 4 rings (SSSR count). The van der Waals surface area contributed by atoms with E-state index in [-0.39, 0.29) is 47.1 Å². The quantitative estimate of drug-likeness (QED) is 0.289. The Labute approximate surface area is 234 Å². The highest BCUT2D eigenvalue weighted by atomic mass is 16.3. The van der Waals surface area contributed by atoms with Crippen LogP contribution >= 0.6 is 0 Å². The number of nitrogens with one attached hydrogen (secondary N) is 1. The van der Waals surface area contributed by atoms with Gasteiger partial charge in [-0.3, -0.25) is 14.4 Å². The second kappa shape index (κ2) is 9.62. The Morgan fingerprint density at radius 1 is 1.12 bits per heavy atom. The molecule has 40 heavy (non-hydrogen) atoms. The maximum absolute atomic E-state index is 13.7. The van der Waals surface area contributed by atoms with Crippen LogP contribution in [0.1, 0.15) is 70.6 Å². The van der Waals surface area contributed by atoms with Crippen LogP contribution in [0.15, 0.2) is 23.0 Å². The summed E-state index contributed by atoms with van der Waals surface area (Å²) in [5.41, 5.74) is 3.99. The van der Waals surface area contributed by atoms with Crippen molar-refractivity contribution in [3.8, 4) is 5.75 Å².